The van der Waals surface area contributed by atoms with Gasteiger partial charge in [-0.15, -0.1) is 0 Å². The van der Waals surface area contributed by atoms with Crippen LogP contribution in [0.1, 0.15) is 24.0 Å². The third-order valence-corrected chi connectivity index (χ3v) is 3.25. The average molecular weight is 280 g/mol. The minimum atomic E-state index is -0.218. The fourth-order valence-corrected chi connectivity index (χ4v) is 2.24. The molecule has 1 aliphatic rings. The number of nitrogens with one attached hydrogen (secondary N) is 1. The monoisotopic (exact) mass is 280 g/mol. The number of thiocarbonyl (C=S) groups is 1. The molecule has 1 aromatic carbocycles. The van der Waals surface area contributed by atoms with Crippen LogP contribution in [0.2, 0.25) is 0 Å². The average Bonchev–Trinajstić information content (AvgIpc) is 2.86. The summed E-state index contributed by atoms with van der Waals surface area (Å²) in [5.74, 6) is -0.218. The lowest BCUT2D eigenvalue weighted by Crippen LogP contribution is -2.24. The van der Waals surface area contributed by atoms with E-state index in [4.69, 9.17) is 5.73 Å². The number of benzene rings is 1. The molecule has 1 heterocycles. The Hall–Kier alpha value is -1.69. The van der Waals surface area contributed by atoms with Crippen LogP contribution >= 0.6 is 12.2 Å². The lowest BCUT2D eigenvalue weighted by molar-refractivity contribution is 0.622. The largest absolute Gasteiger partial charge is 0.375 e. The summed E-state index contributed by atoms with van der Waals surface area (Å²) in [6, 6.07) is 3.36. The minimum absolute atomic E-state index is 0.0862. The van der Waals surface area contributed by atoms with Crippen LogP contribution < -0.4 is 16.1 Å². The van der Waals surface area contributed by atoms with Gasteiger partial charge in [-0.3, -0.25) is 5.43 Å². The van der Waals surface area contributed by atoms with Crippen molar-refractivity contribution in [2.45, 2.75) is 19.8 Å². The van der Waals surface area contributed by atoms with Crippen molar-refractivity contribution >= 4 is 29.2 Å². The normalized spacial score (nSPS) is 15.2. The summed E-state index contributed by atoms with van der Waals surface area (Å²) in [5.41, 5.74) is 10.1. The molecule has 0 aromatic heterocycles. The van der Waals surface area contributed by atoms with Gasteiger partial charge in [0.05, 0.1) is 11.9 Å². The maximum Gasteiger partial charge on any atom is 0.184 e. The molecule has 19 heavy (non-hydrogen) atoms. The molecule has 1 aromatic rings. The quantitative estimate of drug-likeness (QED) is 0.504. The fraction of sp³-hybridized carbons (Fsp3) is 0.385. The Labute approximate surface area is 117 Å². The van der Waals surface area contributed by atoms with Gasteiger partial charge < -0.3 is 10.6 Å². The Morgan fingerprint density at radius 3 is 2.79 bits per heavy atom. The summed E-state index contributed by atoms with van der Waals surface area (Å²) in [6.07, 6.45) is 3.77. The zero-order valence-electron chi connectivity index (χ0n) is 10.8. The first kappa shape index (κ1) is 13.7. The highest BCUT2D eigenvalue weighted by molar-refractivity contribution is 7.80. The molecule has 4 nitrogen and oxygen atoms in total. The second-order valence-corrected chi connectivity index (χ2v) is 5.03. The third-order valence-electron chi connectivity index (χ3n) is 3.16. The van der Waals surface area contributed by atoms with Gasteiger partial charge in [0.2, 0.25) is 0 Å². The Morgan fingerprint density at radius 2 is 2.16 bits per heavy atom. The Morgan fingerprint density at radius 1 is 1.47 bits per heavy atom. The summed E-state index contributed by atoms with van der Waals surface area (Å²) in [6.45, 7) is 3.78. The molecule has 0 radical (unpaired) electrons. The van der Waals surface area contributed by atoms with Gasteiger partial charge in [-0.1, -0.05) is 0 Å². The van der Waals surface area contributed by atoms with Crippen molar-refractivity contribution in [1.29, 1.82) is 0 Å². The first-order valence-electron chi connectivity index (χ1n) is 6.21. The number of hydrazone groups is 1. The van der Waals surface area contributed by atoms with Gasteiger partial charge in [-0.2, -0.15) is 5.10 Å². The molecule has 1 saturated heterocycles. The lowest BCUT2D eigenvalue weighted by Gasteiger charge is -2.19. The Balaban J connectivity index is 2.21. The molecular formula is C13H17FN4S. The highest BCUT2D eigenvalue weighted by atomic mass is 32.1. The van der Waals surface area contributed by atoms with Crippen LogP contribution in [-0.4, -0.2) is 24.4 Å². The molecule has 0 bridgehead atoms. The van der Waals surface area contributed by atoms with Crippen molar-refractivity contribution in [2.75, 3.05) is 18.0 Å². The van der Waals surface area contributed by atoms with E-state index in [-0.39, 0.29) is 10.9 Å². The standard InChI is InChI=1S/C13H17FN4S/c1-9-6-12(18-4-2-3-5-18)11(14)7-10(9)8-16-17-13(15)19/h6-8H,2-5H2,1H3,(H3,15,17,19). The van der Waals surface area contributed by atoms with Crippen LogP contribution in [0.25, 0.3) is 0 Å². The summed E-state index contributed by atoms with van der Waals surface area (Å²) in [4.78, 5) is 2.08. The molecule has 3 N–H and O–H groups in total. The zero-order valence-corrected chi connectivity index (χ0v) is 11.6. The van der Waals surface area contributed by atoms with E-state index >= 15 is 0 Å². The number of hydrogen-bond donors (Lipinski definition) is 2. The lowest BCUT2D eigenvalue weighted by atomic mass is 10.1. The summed E-state index contributed by atoms with van der Waals surface area (Å²) in [7, 11) is 0. The molecule has 0 atom stereocenters. The van der Waals surface area contributed by atoms with Gasteiger partial charge in [0, 0.05) is 18.7 Å². The van der Waals surface area contributed by atoms with Crippen molar-refractivity contribution in [1.82, 2.24) is 5.43 Å². The van der Waals surface area contributed by atoms with Gasteiger partial charge in [-0.05, 0) is 49.7 Å². The number of anilines is 1. The first-order valence-corrected chi connectivity index (χ1v) is 6.62. The van der Waals surface area contributed by atoms with Crippen LogP contribution in [0.4, 0.5) is 10.1 Å². The van der Waals surface area contributed by atoms with E-state index in [0.717, 1.165) is 31.5 Å². The molecular weight excluding hydrogens is 263 g/mol. The number of aryl methyl sites for hydroxylation is 1. The van der Waals surface area contributed by atoms with Crippen molar-refractivity contribution in [3.05, 3.63) is 29.1 Å². The first-order chi connectivity index (χ1) is 9.08. The van der Waals surface area contributed by atoms with E-state index in [1.54, 1.807) is 0 Å². The van der Waals surface area contributed by atoms with Crippen molar-refractivity contribution < 1.29 is 4.39 Å². The van der Waals surface area contributed by atoms with Gasteiger partial charge in [-0.25, -0.2) is 4.39 Å². The van der Waals surface area contributed by atoms with Gasteiger partial charge >= 0.3 is 0 Å². The Bertz CT molecular complexity index is 510. The second-order valence-electron chi connectivity index (χ2n) is 4.59. The maximum absolute atomic E-state index is 14.1. The zero-order chi connectivity index (χ0) is 13.8. The second kappa shape index (κ2) is 5.97. The number of nitrogens with two attached hydrogens (primary N) is 1. The van der Waals surface area contributed by atoms with Gasteiger partial charge in [0.1, 0.15) is 5.82 Å². The molecule has 102 valence electrons. The molecule has 0 unspecified atom stereocenters. The molecule has 0 spiro atoms. The van der Waals surface area contributed by atoms with Crippen LogP contribution in [0, 0.1) is 12.7 Å². The van der Waals surface area contributed by atoms with E-state index in [2.05, 4.69) is 27.6 Å². The molecule has 1 aliphatic heterocycles. The Kier molecular flexibility index (Phi) is 4.31. The smallest absolute Gasteiger partial charge is 0.184 e. The topological polar surface area (TPSA) is 53.6 Å². The highest BCUT2D eigenvalue weighted by Crippen LogP contribution is 2.26. The van der Waals surface area contributed by atoms with E-state index < -0.39 is 0 Å². The number of nitrogens with zero attached hydrogens (tertiary/aromatic N) is 2. The number of hydrogen-bond acceptors (Lipinski definition) is 3. The summed E-state index contributed by atoms with van der Waals surface area (Å²) >= 11 is 4.64. The maximum atomic E-state index is 14.1. The van der Waals surface area contributed by atoms with E-state index in [1.165, 1.54) is 12.3 Å². The SMILES string of the molecule is Cc1cc(N2CCCC2)c(F)cc1C=NNC(N)=S. The third kappa shape index (κ3) is 3.41. The van der Waals surface area contributed by atoms with Crippen molar-refractivity contribution in [3.8, 4) is 0 Å². The highest BCUT2D eigenvalue weighted by Gasteiger charge is 2.17. The molecule has 0 aliphatic carbocycles. The van der Waals surface area contributed by atoms with Crippen LogP contribution in [0.3, 0.4) is 0 Å². The number of halogens is 1. The van der Waals surface area contributed by atoms with E-state index in [0.29, 0.717) is 11.3 Å². The summed E-state index contributed by atoms with van der Waals surface area (Å²) < 4.78 is 14.1. The molecule has 0 saturated carbocycles. The fourth-order valence-electron chi connectivity index (χ4n) is 2.19. The van der Waals surface area contributed by atoms with Gasteiger partial charge in [0.25, 0.3) is 0 Å². The summed E-state index contributed by atoms with van der Waals surface area (Å²) in [5, 5.41) is 3.93. The van der Waals surface area contributed by atoms with E-state index in [9.17, 15) is 4.39 Å². The predicted molar refractivity (Wildman–Crippen MR) is 80.1 cm³/mol. The molecule has 1 fully saturated rings. The van der Waals surface area contributed by atoms with Crippen LogP contribution in [-0.2, 0) is 0 Å². The van der Waals surface area contributed by atoms with Crippen LogP contribution in [0.15, 0.2) is 17.2 Å². The molecule has 0 amide bonds. The van der Waals surface area contributed by atoms with Gasteiger partial charge in [0.15, 0.2) is 5.11 Å². The molecule has 6 heteroatoms. The van der Waals surface area contributed by atoms with E-state index in [1.807, 2.05) is 13.0 Å². The minimum Gasteiger partial charge on any atom is -0.375 e. The van der Waals surface area contributed by atoms with Crippen LogP contribution in [0.5, 0.6) is 0 Å². The number of rotatable bonds is 3. The predicted octanol–water partition coefficient (Wildman–Crippen LogP) is 1.90. The van der Waals surface area contributed by atoms with Crippen molar-refractivity contribution in [3.63, 3.8) is 0 Å². The molecule has 2 rings (SSSR count). The van der Waals surface area contributed by atoms with Crippen molar-refractivity contribution in [2.24, 2.45) is 10.8 Å².